The number of benzene rings is 1. The molecular formula is C14H21FN2O. The van der Waals surface area contributed by atoms with Crippen molar-refractivity contribution in [2.75, 3.05) is 13.1 Å². The topological polar surface area (TPSA) is 41.1 Å². The third-order valence-electron chi connectivity index (χ3n) is 2.79. The van der Waals surface area contributed by atoms with E-state index in [0.29, 0.717) is 0 Å². The molecule has 1 amide bonds. The van der Waals surface area contributed by atoms with E-state index in [1.807, 2.05) is 6.92 Å². The van der Waals surface area contributed by atoms with Gasteiger partial charge in [-0.3, -0.25) is 4.79 Å². The summed E-state index contributed by atoms with van der Waals surface area (Å²) in [4.78, 5) is 11.5. The van der Waals surface area contributed by atoms with Crippen molar-refractivity contribution in [1.29, 1.82) is 0 Å². The van der Waals surface area contributed by atoms with Crippen molar-refractivity contribution in [2.24, 2.45) is 0 Å². The minimum atomic E-state index is -0.247. The van der Waals surface area contributed by atoms with Crippen LogP contribution in [0.5, 0.6) is 0 Å². The molecule has 0 aromatic heterocycles. The highest BCUT2D eigenvalue weighted by molar-refractivity contribution is 5.77. The van der Waals surface area contributed by atoms with Gasteiger partial charge in [0.2, 0.25) is 5.91 Å². The van der Waals surface area contributed by atoms with Gasteiger partial charge in [-0.1, -0.05) is 25.5 Å². The van der Waals surface area contributed by atoms with E-state index in [4.69, 9.17) is 0 Å². The molecule has 0 spiro atoms. The standard InChI is InChI=1S/C14H21FN2O/c1-3-4-9-16-14(18)10-17-11(2)12-5-7-13(15)8-6-12/h5-8,11,17H,3-4,9-10H2,1-2H3,(H,16,18). The molecule has 0 aliphatic heterocycles. The Kier molecular flexibility index (Phi) is 6.36. The predicted molar refractivity (Wildman–Crippen MR) is 70.7 cm³/mol. The van der Waals surface area contributed by atoms with Crippen molar-refractivity contribution < 1.29 is 9.18 Å². The highest BCUT2D eigenvalue weighted by Gasteiger charge is 2.07. The Labute approximate surface area is 108 Å². The fourth-order valence-electron chi connectivity index (χ4n) is 1.58. The first kappa shape index (κ1) is 14.6. The Morgan fingerprint density at radius 3 is 2.61 bits per heavy atom. The second-order valence-electron chi connectivity index (χ2n) is 4.36. The van der Waals surface area contributed by atoms with E-state index in [1.54, 1.807) is 12.1 Å². The third-order valence-corrected chi connectivity index (χ3v) is 2.79. The largest absolute Gasteiger partial charge is 0.355 e. The first-order valence-electron chi connectivity index (χ1n) is 6.39. The number of amides is 1. The fourth-order valence-corrected chi connectivity index (χ4v) is 1.58. The second kappa shape index (κ2) is 7.82. The monoisotopic (exact) mass is 252 g/mol. The van der Waals surface area contributed by atoms with Crippen molar-refractivity contribution in [2.45, 2.75) is 32.7 Å². The highest BCUT2D eigenvalue weighted by atomic mass is 19.1. The maximum atomic E-state index is 12.8. The quantitative estimate of drug-likeness (QED) is 0.732. The minimum Gasteiger partial charge on any atom is -0.355 e. The molecule has 3 nitrogen and oxygen atoms in total. The van der Waals surface area contributed by atoms with Crippen LogP contribution in [0.2, 0.25) is 0 Å². The van der Waals surface area contributed by atoms with Crippen LogP contribution < -0.4 is 10.6 Å². The molecule has 0 aliphatic rings. The summed E-state index contributed by atoms with van der Waals surface area (Å²) in [6.07, 6.45) is 2.07. The van der Waals surface area contributed by atoms with E-state index in [2.05, 4.69) is 17.6 Å². The summed E-state index contributed by atoms with van der Waals surface area (Å²) in [6.45, 7) is 5.04. The molecule has 0 saturated carbocycles. The first-order valence-corrected chi connectivity index (χ1v) is 6.39. The zero-order chi connectivity index (χ0) is 13.4. The van der Waals surface area contributed by atoms with E-state index in [-0.39, 0.29) is 24.3 Å². The van der Waals surface area contributed by atoms with Gasteiger partial charge in [0, 0.05) is 12.6 Å². The number of carbonyl (C=O) groups excluding carboxylic acids is 1. The second-order valence-corrected chi connectivity index (χ2v) is 4.36. The van der Waals surface area contributed by atoms with Crippen LogP contribution in [0, 0.1) is 5.82 Å². The van der Waals surface area contributed by atoms with E-state index in [9.17, 15) is 9.18 Å². The Balaban J connectivity index is 2.30. The molecule has 0 saturated heterocycles. The lowest BCUT2D eigenvalue weighted by Gasteiger charge is -2.14. The molecule has 0 bridgehead atoms. The summed E-state index contributed by atoms with van der Waals surface area (Å²) in [6, 6.07) is 6.33. The Morgan fingerprint density at radius 2 is 2.00 bits per heavy atom. The molecule has 0 aliphatic carbocycles. The molecule has 100 valence electrons. The van der Waals surface area contributed by atoms with Crippen molar-refractivity contribution in [3.8, 4) is 0 Å². The summed E-state index contributed by atoms with van der Waals surface area (Å²) >= 11 is 0. The lowest BCUT2D eigenvalue weighted by Crippen LogP contribution is -2.35. The number of hydrogen-bond acceptors (Lipinski definition) is 2. The van der Waals surface area contributed by atoms with E-state index in [1.165, 1.54) is 12.1 Å². The van der Waals surface area contributed by atoms with Crippen LogP contribution >= 0.6 is 0 Å². The number of unbranched alkanes of at least 4 members (excludes halogenated alkanes) is 1. The van der Waals surface area contributed by atoms with Gasteiger partial charge in [0.1, 0.15) is 5.82 Å². The predicted octanol–water partition coefficient (Wildman–Crippen LogP) is 2.39. The summed E-state index contributed by atoms with van der Waals surface area (Å²) < 4.78 is 12.8. The maximum absolute atomic E-state index is 12.8. The normalized spacial score (nSPS) is 12.2. The molecule has 2 N–H and O–H groups in total. The van der Waals surface area contributed by atoms with E-state index >= 15 is 0 Å². The number of hydrogen-bond donors (Lipinski definition) is 2. The average Bonchev–Trinajstić information content (AvgIpc) is 2.37. The van der Waals surface area contributed by atoms with Crippen LogP contribution in [0.1, 0.15) is 38.3 Å². The number of rotatable bonds is 7. The van der Waals surface area contributed by atoms with Gasteiger partial charge in [0.25, 0.3) is 0 Å². The lowest BCUT2D eigenvalue weighted by molar-refractivity contribution is -0.120. The molecule has 1 aromatic carbocycles. The molecular weight excluding hydrogens is 231 g/mol. The zero-order valence-corrected chi connectivity index (χ0v) is 11.0. The zero-order valence-electron chi connectivity index (χ0n) is 11.0. The number of nitrogens with one attached hydrogen (secondary N) is 2. The summed E-state index contributed by atoms with van der Waals surface area (Å²) in [7, 11) is 0. The molecule has 1 rings (SSSR count). The van der Waals surface area contributed by atoms with Crippen molar-refractivity contribution >= 4 is 5.91 Å². The summed E-state index contributed by atoms with van der Waals surface area (Å²) in [5, 5.41) is 5.95. The number of carbonyl (C=O) groups is 1. The molecule has 0 heterocycles. The first-order chi connectivity index (χ1) is 8.63. The Morgan fingerprint density at radius 1 is 1.33 bits per heavy atom. The minimum absolute atomic E-state index is 0.00240. The molecule has 1 unspecified atom stereocenters. The van der Waals surface area contributed by atoms with Crippen molar-refractivity contribution in [3.05, 3.63) is 35.6 Å². The summed E-state index contributed by atoms with van der Waals surface area (Å²) in [5.74, 6) is -0.249. The molecule has 0 radical (unpaired) electrons. The molecule has 1 aromatic rings. The smallest absolute Gasteiger partial charge is 0.233 e. The Bertz CT molecular complexity index is 365. The van der Waals surface area contributed by atoms with Gasteiger partial charge >= 0.3 is 0 Å². The summed E-state index contributed by atoms with van der Waals surface area (Å²) in [5.41, 5.74) is 0.970. The average molecular weight is 252 g/mol. The molecule has 4 heteroatoms. The highest BCUT2D eigenvalue weighted by Crippen LogP contribution is 2.12. The van der Waals surface area contributed by atoms with Gasteiger partial charge in [0.15, 0.2) is 0 Å². The van der Waals surface area contributed by atoms with Crippen LogP contribution in [0.3, 0.4) is 0 Å². The van der Waals surface area contributed by atoms with Crippen LogP contribution in [0.25, 0.3) is 0 Å². The van der Waals surface area contributed by atoms with Crippen LogP contribution in [0.15, 0.2) is 24.3 Å². The van der Waals surface area contributed by atoms with Crippen LogP contribution in [0.4, 0.5) is 4.39 Å². The van der Waals surface area contributed by atoms with Crippen molar-refractivity contribution in [1.82, 2.24) is 10.6 Å². The number of halogens is 1. The van der Waals surface area contributed by atoms with Crippen molar-refractivity contribution in [3.63, 3.8) is 0 Å². The Hall–Kier alpha value is -1.42. The van der Waals surface area contributed by atoms with Gasteiger partial charge in [-0.15, -0.1) is 0 Å². The van der Waals surface area contributed by atoms with E-state index in [0.717, 1.165) is 24.9 Å². The fraction of sp³-hybridized carbons (Fsp3) is 0.500. The van der Waals surface area contributed by atoms with E-state index < -0.39 is 0 Å². The van der Waals surface area contributed by atoms with Gasteiger partial charge < -0.3 is 10.6 Å². The molecule has 0 fully saturated rings. The maximum Gasteiger partial charge on any atom is 0.233 e. The van der Waals surface area contributed by atoms with Gasteiger partial charge in [-0.05, 0) is 31.0 Å². The third kappa shape index (κ3) is 5.27. The molecule has 18 heavy (non-hydrogen) atoms. The van der Waals surface area contributed by atoms with Gasteiger partial charge in [-0.2, -0.15) is 0 Å². The SMILES string of the molecule is CCCCNC(=O)CNC(C)c1ccc(F)cc1. The lowest BCUT2D eigenvalue weighted by atomic mass is 10.1. The molecule has 1 atom stereocenters. The van der Waals surface area contributed by atoms with Gasteiger partial charge in [-0.25, -0.2) is 4.39 Å². The van der Waals surface area contributed by atoms with Crippen LogP contribution in [-0.2, 0) is 4.79 Å². The van der Waals surface area contributed by atoms with Gasteiger partial charge in [0.05, 0.1) is 6.54 Å². The van der Waals surface area contributed by atoms with Crippen LogP contribution in [-0.4, -0.2) is 19.0 Å².